The Labute approximate surface area is 52.1 Å². The van der Waals surface area contributed by atoms with Gasteiger partial charge in [-0.1, -0.05) is 35.2 Å². The summed E-state index contributed by atoms with van der Waals surface area (Å²) in [6.45, 7) is 7.04. The second-order valence-electron chi connectivity index (χ2n) is 1.02. The molecule has 0 heterocycles. The van der Waals surface area contributed by atoms with Crippen LogP contribution in [0.2, 0.25) is 0 Å². The Bertz CT molecular complexity index is 72.0. The first-order chi connectivity index (χ1) is 2.81. The zero-order valence-corrected chi connectivity index (χ0v) is 5.77. The Morgan fingerprint density at radius 1 is 1.83 bits per heavy atom. The summed E-state index contributed by atoms with van der Waals surface area (Å²) in [6, 6.07) is 0. The van der Waals surface area contributed by atoms with Gasteiger partial charge in [-0.3, -0.25) is 0 Å². The lowest BCUT2D eigenvalue weighted by Gasteiger charge is -1.76. The van der Waals surface area contributed by atoms with E-state index in [0.717, 1.165) is 5.57 Å². The van der Waals surface area contributed by atoms with E-state index in [-0.39, 0.29) is 0 Å². The topological polar surface area (TPSA) is 0 Å². The van der Waals surface area contributed by atoms with E-state index in [1.165, 1.54) is 0 Å². The van der Waals surface area contributed by atoms with Crippen molar-refractivity contribution >= 4 is 22.6 Å². The van der Waals surface area contributed by atoms with E-state index in [1.807, 2.05) is 11.0 Å². The highest BCUT2D eigenvalue weighted by molar-refractivity contribution is 14.1. The fourth-order valence-electron chi connectivity index (χ4n) is 0.0364. The maximum absolute atomic E-state index is 5.08. The van der Waals surface area contributed by atoms with Crippen molar-refractivity contribution in [2.24, 2.45) is 0 Å². The highest BCUT2D eigenvalue weighted by Gasteiger charge is 1.68. The summed E-state index contributed by atoms with van der Waals surface area (Å²) >= 11 is 2.14. The van der Waals surface area contributed by atoms with Crippen LogP contribution in [-0.2, 0) is 0 Å². The molecule has 0 aliphatic carbocycles. The van der Waals surface area contributed by atoms with E-state index in [9.17, 15) is 0 Å². The van der Waals surface area contributed by atoms with Crippen LogP contribution in [0.1, 0.15) is 6.92 Å². The molecule has 0 nitrogen and oxygen atoms in total. The first-order valence-electron chi connectivity index (χ1n) is 1.63. The monoisotopic (exact) mass is 193 g/mol. The molecule has 0 saturated heterocycles. The Balaban J connectivity index is 3.50. The number of allylic oxidation sites excluding steroid dienone is 2. The van der Waals surface area contributed by atoms with Crippen LogP contribution < -0.4 is 0 Å². The van der Waals surface area contributed by atoms with Crippen molar-refractivity contribution < 1.29 is 0 Å². The average molecular weight is 193 g/mol. The van der Waals surface area contributed by atoms with Crippen LogP contribution in [0.4, 0.5) is 0 Å². The number of hydrogen-bond acceptors (Lipinski definition) is 0. The van der Waals surface area contributed by atoms with Gasteiger partial charge in [-0.15, -0.1) is 0 Å². The Morgan fingerprint density at radius 2 is 2.33 bits per heavy atom. The molecule has 0 N–H and O–H groups in total. The predicted molar refractivity (Wildman–Crippen MR) is 36.6 cm³/mol. The van der Waals surface area contributed by atoms with Crippen molar-refractivity contribution in [1.29, 1.82) is 0 Å². The molecule has 0 atom stereocenters. The van der Waals surface area contributed by atoms with E-state index in [1.54, 1.807) is 6.08 Å². The third kappa shape index (κ3) is 2.45. The van der Waals surface area contributed by atoms with Crippen molar-refractivity contribution in [1.82, 2.24) is 0 Å². The van der Waals surface area contributed by atoms with Crippen molar-refractivity contribution in [3.63, 3.8) is 0 Å². The average Bonchev–Trinajstić information content (AvgIpc) is 1.65. The summed E-state index contributed by atoms with van der Waals surface area (Å²) in [5.41, 5.74) is 1.11. The van der Waals surface area contributed by atoms with Gasteiger partial charge in [-0.05, 0) is 16.6 Å². The fourth-order valence-corrected chi connectivity index (χ4v) is 0.244. The molecule has 33 valence electrons. The van der Waals surface area contributed by atoms with Crippen molar-refractivity contribution in [3.8, 4) is 0 Å². The second kappa shape index (κ2) is 3.40. The van der Waals surface area contributed by atoms with Crippen molar-refractivity contribution in [3.05, 3.63) is 22.3 Å². The molecule has 1 radical (unpaired) electrons. The Kier molecular flexibility index (Phi) is 3.52. The third-order valence-electron chi connectivity index (χ3n) is 0.435. The van der Waals surface area contributed by atoms with Gasteiger partial charge in [0.1, 0.15) is 0 Å². The lowest BCUT2D eigenvalue weighted by Crippen LogP contribution is -1.54. The van der Waals surface area contributed by atoms with Gasteiger partial charge >= 0.3 is 0 Å². The maximum Gasteiger partial charge on any atom is -0.0204 e. The van der Waals surface area contributed by atoms with Crippen LogP contribution in [0.25, 0.3) is 0 Å². The molecular weight excluding hydrogens is 187 g/mol. The maximum atomic E-state index is 5.08. The van der Waals surface area contributed by atoms with Crippen LogP contribution in [0.15, 0.2) is 15.7 Å². The van der Waals surface area contributed by atoms with Gasteiger partial charge in [0.05, 0.1) is 0 Å². The highest BCUT2D eigenvalue weighted by Crippen LogP contribution is 1.95. The molecule has 0 saturated carbocycles. The minimum atomic E-state index is 1.11. The fraction of sp³-hybridized carbons (Fsp3) is 0.200. The molecule has 0 aliphatic rings. The number of hydrogen-bond donors (Lipinski definition) is 0. The van der Waals surface area contributed by atoms with Gasteiger partial charge < -0.3 is 0 Å². The lowest BCUT2D eigenvalue weighted by atomic mass is 10.4. The molecule has 1 heteroatoms. The first kappa shape index (κ1) is 6.21. The van der Waals surface area contributed by atoms with E-state index >= 15 is 0 Å². The quantitative estimate of drug-likeness (QED) is 0.442. The summed E-state index contributed by atoms with van der Waals surface area (Å²) in [4.78, 5) is 0. The molecule has 0 aromatic heterocycles. The summed E-state index contributed by atoms with van der Waals surface area (Å²) in [5, 5.41) is 0. The van der Waals surface area contributed by atoms with Crippen LogP contribution in [0, 0.1) is 6.58 Å². The van der Waals surface area contributed by atoms with E-state index in [4.69, 9.17) is 6.58 Å². The molecule has 0 unspecified atom stereocenters. The van der Waals surface area contributed by atoms with Gasteiger partial charge in [-0.2, -0.15) is 0 Å². The molecular formula is C5H6I. The SMILES string of the molecule is [CH]=CC(C)=CI. The van der Waals surface area contributed by atoms with Crippen molar-refractivity contribution in [2.45, 2.75) is 6.92 Å². The van der Waals surface area contributed by atoms with Crippen LogP contribution in [0.5, 0.6) is 0 Å². The van der Waals surface area contributed by atoms with Crippen LogP contribution in [0.3, 0.4) is 0 Å². The van der Waals surface area contributed by atoms with E-state index in [0.29, 0.717) is 0 Å². The molecule has 0 fully saturated rings. The summed E-state index contributed by atoms with van der Waals surface area (Å²) in [6.07, 6.45) is 1.58. The predicted octanol–water partition coefficient (Wildman–Crippen LogP) is 2.31. The second-order valence-corrected chi connectivity index (χ2v) is 1.64. The van der Waals surface area contributed by atoms with E-state index in [2.05, 4.69) is 22.6 Å². The molecule has 0 aromatic rings. The summed E-state index contributed by atoms with van der Waals surface area (Å²) < 4.78 is 1.93. The molecule has 0 aliphatic heterocycles. The molecule has 0 rings (SSSR count). The van der Waals surface area contributed by atoms with Gasteiger partial charge in [0.2, 0.25) is 0 Å². The van der Waals surface area contributed by atoms with Gasteiger partial charge in [0.25, 0.3) is 0 Å². The molecule has 0 aromatic carbocycles. The van der Waals surface area contributed by atoms with Crippen LogP contribution >= 0.6 is 22.6 Å². The zero-order chi connectivity index (χ0) is 4.99. The summed E-state index contributed by atoms with van der Waals surface area (Å²) in [5.74, 6) is 0. The zero-order valence-electron chi connectivity index (χ0n) is 3.61. The minimum absolute atomic E-state index is 1.11. The normalized spacial score (nSPS) is 11.3. The molecule has 0 amide bonds. The van der Waals surface area contributed by atoms with Gasteiger partial charge in [0.15, 0.2) is 0 Å². The first-order valence-corrected chi connectivity index (χ1v) is 2.87. The molecule has 0 bridgehead atoms. The minimum Gasteiger partial charge on any atom is -0.0620 e. The summed E-state index contributed by atoms with van der Waals surface area (Å²) in [7, 11) is 0. The van der Waals surface area contributed by atoms with Crippen molar-refractivity contribution in [2.75, 3.05) is 0 Å². The molecule has 6 heavy (non-hydrogen) atoms. The molecule has 0 spiro atoms. The third-order valence-corrected chi connectivity index (χ3v) is 1.42. The van der Waals surface area contributed by atoms with Gasteiger partial charge in [0, 0.05) is 0 Å². The van der Waals surface area contributed by atoms with E-state index < -0.39 is 0 Å². The smallest absolute Gasteiger partial charge is 0.0204 e. The van der Waals surface area contributed by atoms with Crippen LogP contribution in [-0.4, -0.2) is 0 Å². The van der Waals surface area contributed by atoms with Gasteiger partial charge in [-0.25, -0.2) is 0 Å². The standard InChI is InChI=1S/C5H6I/c1-3-5(2)4-6/h1,3-4H,2H3. The highest BCUT2D eigenvalue weighted by atomic mass is 127. The lowest BCUT2D eigenvalue weighted by molar-refractivity contribution is 1.57. The Morgan fingerprint density at radius 3 is 2.33 bits per heavy atom. The largest absolute Gasteiger partial charge is 0.0620 e. The Hall–Kier alpha value is 0.210. The number of rotatable bonds is 1. The number of halogens is 1.